The van der Waals surface area contributed by atoms with E-state index in [-0.39, 0.29) is 16.9 Å². The van der Waals surface area contributed by atoms with Crippen molar-refractivity contribution in [1.82, 2.24) is 4.31 Å². The van der Waals surface area contributed by atoms with Gasteiger partial charge in [-0.25, -0.2) is 8.42 Å². The maximum absolute atomic E-state index is 12.8. The number of hydrogen-bond donors (Lipinski definition) is 1. The Balaban J connectivity index is 2.42. The Labute approximate surface area is 126 Å². The van der Waals surface area contributed by atoms with Crippen molar-refractivity contribution in [3.63, 3.8) is 0 Å². The van der Waals surface area contributed by atoms with Gasteiger partial charge in [-0.1, -0.05) is 25.4 Å². The van der Waals surface area contributed by atoms with Crippen molar-refractivity contribution in [2.24, 2.45) is 5.92 Å². The SMILES string of the molecule is Cc1cc(S(=O)(=O)N(CC(C)C)C2CC2)cc(N)c1Cl. The quantitative estimate of drug-likeness (QED) is 0.849. The van der Waals surface area contributed by atoms with Gasteiger partial charge in [0, 0.05) is 12.6 Å². The van der Waals surface area contributed by atoms with Crippen LogP contribution >= 0.6 is 11.6 Å². The first-order valence-electron chi connectivity index (χ1n) is 6.81. The first-order chi connectivity index (χ1) is 9.23. The van der Waals surface area contributed by atoms with Crippen molar-refractivity contribution < 1.29 is 8.42 Å². The van der Waals surface area contributed by atoms with Gasteiger partial charge in [-0.15, -0.1) is 0 Å². The zero-order chi connectivity index (χ0) is 15.1. The summed E-state index contributed by atoms with van der Waals surface area (Å²) < 4.78 is 27.2. The van der Waals surface area contributed by atoms with Crippen LogP contribution in [0.4, 0.5) is 5.69 Å². The molecular formula is C14H21ClN2O2S. The van der Waals surface area contributed by atoms with Gasteiger partial charge in [-0.2, -0.15) is 4.31 Å². The van der Waals surface area contributed by atoms with Crippen molar-refractivity contribution in [1.29, 1.82) is 0 Å². The molecule has 0 radical (unpaired) electrons. The fourth-order valence-electron chi connectivity index (χ4n) is 2.21. The number of rotatable bonds is 5. The molecule has 2 N–H and O–H groups in total. The first-order valence-corrected chi connectivity index (χ1v) is 8.62. The Hall–Kier alpha value is -0.780. The molecule has 2 rings (SSSR count). The van der Waals surface area contributed by atoms with E-state index < -0.39 is 10.0 Å². The van der Waals surface area contributed by atoms with Crippen molar-refractivity contribution in [3.8, 4) is 0 Å². The summed E-state index contributed by atoms with van der Waals surface area (Å²) in [7, 11) is -3.50. The molecular weight excluding hydrogens is 296 g/mol. The maximum atomic E-state index is 12.8. The zero-order valence-corrected chi connectivity index (χ0v) is 13.6. The maximum Gasteiger partial charge on any atom is 0.243 e. The van der Waals surface area contributed by atoms with Crippen molar-refractivity contribution in [3.05, 3.63) is 22.7 Å². The number of halogens is 1. The predicted molar refractivity (Wildman–Crippen MR) is 82.4 cm³/mol. The third-order valence-corrected chi connectivity index (χ3v) is 5.77. The molecule has 20 heavy (non-hydrogen) atoms. The molecule has 1 aromatic rings. The van der Waals surface area contributed by atoms with Gasteiger partial charge < -0.3 is 5.73 Å². The topological polar surface area (TPSA) is 63.4 Å². The Bertz CT molecular complexity index is 587. The van der Waals surface area contributed by atoms with Gasteiger partial charge in [-0.05, 0) is 43.4 Å². The van der Waals surface area contributed by atoms with Crippen molar-refractivity contribution >= 4 is 27.3 Å². The van der Waals surface area contributed by atoms with E-state index in [2.05, 4.69) is 0 Å². The van der Waals surface area contributed by atoms with E-state index in [0.29, 0.717) is 22.8 Å². The number of nitrogen functional groups attached to an aromatic ring is 1. The van der Waals surface area contributed by atoms with E-state index in [0.717, 1.165) is 12.8 Å². The lowest BCUT2D eigenvalue weighted by Crippen LogP contribution is -2.36. The number of sulfonamides is 1. The van der Waals surface area contributed by atoms with Crippen LogP contribution in [0.25, 0.3) is 0 Å². The number of hydrogen-bond acceptors (Lipinski definition) is 3. The monoisotopic (exact) mass is 316 g/mol. The highest BCUT2D eigenvalue weighted by atomic mass is 35.5. The number of aryl methyl sites for hydroxylation is 1. The standard InChI is InChI=1S/C14H21ClN2O2S/c1-9(2)8-17(11-4-5-11)20(18,19)12-6-10(3)14(15)13(16)7-12/h6-7,9,11H,4-5,8,16H2,1-3H3. The lowest BCUT2D eigenvalue weighted by molar-refractivity contribution is 0.360. The average Bonchev–Trinajstić information content (AvgIpc) is 3.16. The summed E-state index contributed by atoms with van der Waals surface area (Å²) in [6.07, 6.45) is 1.88. The summed E-state index contributed by atoms with van der Waals surface area (Å²) in [5.41, 5.74) is 6.79. The summed E-state index contributed by atoms with van der Waals surface area (Å²) in [6, 6.07) is 3.20. The van der Waals surface area contributed by atoms with Crippen LogP contribution in [0.3, 0.4) is 0 Å². The molecule has 1 aliphatic carbocycles. The summed E-state index contributed by atoms with van der Waals surface area (Å²) in [4.78, 5) is 0.240. The van der Waals surface area contributed by atoms with E-state index >= 15 is 0 Å². The number of anilines is 1. The molecule has 0 aliphatic heterocycles. The molecule has 0 aromatic heterocycles. The fourth-order valence-corrected chi connectivity index (χ4v) is 4.29. The molecule has 0 bridgehead atoms. The summed E-state index contributed by atoms with van der Waals surface area (Å²) in [5, 5.41) is 0.422. The lowest BCUT2D eigenvalue weighted by atomic mass is 10.2. The van der Waals surface area contributed by atoms with Crippen LogP contribution in [0.5, 0.6) is 0 Å². The molecule has 4 nitrogen and oxygen atoms in total. The minimum atomic E-state index is -3.50. The molecule has 1 aliphatic rings. The van der Waals surface area contributed by atoms with Crippen LogP contribution in [-0.4, -0.2) is 25.3 Å². The number of nitrogens with zero attached hydrogens (tertiary/aromatic N) is 1. The molecule has 6 heteroatoms. The lowest BCUT2D eigenvalue weighted by Gasteiger charge is -2.24. The Morgan fingerprint density at radius 3 is 2.45 bits per heavy atom. The molecule has 0 atom stereocenters. The zero-order valence-electron chi connectivity index (χ0n) is 12.1. The molecule has 0 heterocycles. The fraction of sp³-hybridized carbons (Fsp3) is 0.571. The minimum Gasteiger partial charge on any atom is -0.397 e. The largest absolute Gasteiger partial charge is 0.397 e. The number of nitrogens with two attached hydrogens (primary N) is 1. The van der Waals surface area contributed by atoms with Crippen LogP contribution in [0, 0.1) is 12.8 Å². The Morgan fingerprint density at radius 1 is 1.40 bits per heavy atom. The van der Waals surface area contributed by atoms with Crippen LogP contribution in [0.2, 0.25) is 5.02 Å². The first kappa shape index (κ1) is 15.6. The van der Waals surface area contributed by atoms with Gasteiger partial charge in [0.05, 0.1) is 15.6 Å². The van der Waals surface area contributed by atoms with Crippen LogP contribution in [0.1, 0.15) is 32.3 Å². The highest BCUT2D eigenvalue weighted by Gasteiger charge is 2.38. The third-order valence-electron chi connectivity index (χ3n) is 3.36. The average molecular weight is 317 g/mol. The van der Waals surface area contributed by atoms with Crippen molar-refractivity contribution in [2.45, 2.75) is 44.6 Å². The Kier molecular flexibility index (Phi) is 4.33. The molecule has 0 spiro atoms. The molecule has 1 aromatic carbocycles. The number of benzene rings is 1. The second-order valence-electron chi connectivity index (χ2n) is 5.84. The summed E-state index contributed by atoms with van der Waals surface area (Å²) in [6.45, 7) is 6.34. The molecule has 0 amide bonds. The van der Waals surface area contributed by atoms with Gasteiger partial charge in [0.15, 0.2) is 0 Å². The van der Waals surface area contributed by atoms with Crippen LogP contribution in [0.15, 0.2) is 17.0 Å². The van der Waals surface area contributed by atoms with Gasteiger partial charge in [0.25, 0.3) is 0 Å². The summed E-state index contributed by atoms with van der Waals surface area (Å²) >= 11 is 6.01. The summed E-state index contributed by atoms with van der Waals surface area (Å²) in [5.74, 6) is 0.288. The van der Waals surface area contributed by atoms with Crippen LogP contribution in [-0.2, 0) is 10.0 Å². The van der Waals surface area contributed by atoms with Gasteiger partial charge >= 0.3 is 0 Å². The smallest absolute Gasteiger partial charge is 0.243 e. The molecule has 1 fully saturated rings. The van der Waals surface area contributed by atoms with Crippen LogP contribution < -0.4 is 5.73 Å². The molecule has 0 unspecified atom stereocenters. The Morgan fingerprint density at radius 2 is 2.00 bits per heavy atom. The second-order valence-corrected chi connectivity index (χ2v) is 8.11. The van der Waals surface area contributed by atoms with E-state index in [9.17, 15) is 8.42 Å². The highest BCUT2D eigenvalue weighted by Crippen LogP contribution is 2.35. The van der Waals surface area contributed by atoms with E-state index in [1.807, 2.05) is 13.8 Å². The van der Waals surface area contributed by atoms with Gasteiger partial charge in [-0.3, -0.25) is 0 Å². The molecule has 112 valence electrons. The minimum absolute atomic E-state index is 0.139. The molecule has 1 saturated carbocycles. The van der Waals surface area contributed by atoms with E-state index in [1.54, 1.807) is 17.3 Å². The van der Waals surface area contributed by atoms with Crippen molar-refractivity contribution in [2.75, 3.05) is 12.3 Å². The predicted octanol–water partition coefficient (Wildman–Crippen LogP) is 3.04. The third kappa shape index (κ3) is 3.10. The van der Waals surface area contributed by atoms with Gasteiger partial charge in [0.1, 0.15) is 0 Å². The van der Waals surface area contributed by atoms with E-state index in [1.165, 1.54) is 6.07 Å². The molecule has 0 saturated heterocycles. The second kappa shape index (κ2) is 5.54. The normalized spacial score (nSPS) is 16.1. The highest BCUT2D eigenvalue weighted by molar-refractivity contribution is 7.89. The van der Waals surface area contributed by atoms with Gasteiger partial charge in [0.2, 0.25) is 10.0 Å². The van der Waals surface area contributed by atoms with E-state index in [4.69, 9.17) is 17.3 Å².